The molecule has 0 aliphatic carbocycles. The fraction of sp³-hybridized carbons (Fsp3) is 0.900. The van der Waals surface area contributed by atoms with E-state index in [9.17, 15) is 4.79 Å². The van der Waals surface area contributed by atoms with Gasteiger partial charge in [-0.1, -0.05) is 0 Å². The third kappa shape index (κ3) is 2.45. The minimum atomic E-state index is -0.462. The van der Waals surface area contributed by atoms with Crippen molar-refractivity contribution in [1.82, 2.24) is 4.90 Å². The lowest BCUT2D eigenvalue weighted by Crippen LogP contribution is -2.49. The molecule has 1 aliphatic rings. The molecule has 2 atom stereocenters. The second-order valence-electron chi connectivity index (χ2n) is 3.84. The Kier molecular flexibility index (Phi) is 4.35. The van der Waals surface area contributed by atoms with E-state index in [2.05, 4.69) is 6.92 Å². The van der Waals surface area contributed by atoms with Crippen molar-refractivity contribution in [2.45, 2.75) is 38.3 Å². The van der Waals surface area contributed by atoms with E-state index in [1.807, 2.05) is 4.90 Å². The van der Waals surface area contributed by atoms with Gasteiger partial charge in [-0.15, -0.1) is 0 Å². The lowest BCUT2D eigenvalue weighted by Gasteiger charge is -2.35. The summed E-state index contributed by atoms with van der Waals surface area (Å²) in [6, 6.07) is 0.334. The maximum Gasteiger partial charge on any atom is 0.253 e. The molecule has 1 rings (SSSR count). The Morgan fingerprint density at radius 1 is 1.64 bits per heavy atom. The summed E-state index contributed by atoms with van der Waals surface area (Å²) in [5, 5.41) is 0. The van der Waals surface area contributed by atoms with Gasteiger partial charge in [-0.05, 0) is 26.2 Å². The molecule has 4 heteroatoms. The third-order valence-corrected chi connectivity index (χ3v) is 2.86. The summed E-state index contributed by atoms with van der Waals surface area (Å²) in [6.07, 6.45) is 2.94. The molecule has 0 aromatic rings. The van der Waals surface area contributed by atoms with Gasteiger partial charge in [0.2, 0.25) is 0 Å². The lowest BCUT2D eigenvalue weighted by molar-refractivity contribution is -0.144. The molecule has 0 spiro atoms. The van der Waals surface area contributed by atoms with Crippen LogP contribution in [0.5, 0.6) is 0 Å². The van der Waals surface area contributed by atoms with Gasteiger partial charge in [-0.25, -0.2) is 0 Å². The van der Waals surface area contributed by atoms with Gasteiger partial charge < -0.3 is 15.4 Å². The van der Waals surface area contributed by atoms with Crippen LogP contribution in [0.15, 0.2) is 0 Å². The fourth-order valence-electron chi connectivity index (χ4n) is 1.91. The zero-order chi connectivity index (χ0) is 10.6. The number of nitrogens with zero attached hydrogens (tertiary/aromatic N) is 1. The average molecular weight is 200 g/mol. The van der Waals surface area contributed by atoms with E-state index in [1.165, 1.54) is 13.5 Å². The zero-order valence-electron chi connectivity index (χ0n) is 9.03. The molecule has 1 amide bonds. The fourth-order valence-corrected chi connectivity index (χ4v) is 1.91. The summed E-state index contributed by atoms with van der Waals surface area (Å²) in [4.78, 5) is 13.8. The Balaban J connectivity index is 2.57. The van der Waals surface area contributed by atoms with Gasteiger partial charge >= 0.3 is 0 Å². The molecular formula is C10H20N2O2. The molecule has 1 aliphatic heterocycles. The molecule has 1 saturated heterocycles. The summed E-state index contributed by atoms with van der Waals surface area (Å²) in [6.45, 7) is 3.19. The highest BCUT2D eigenvalue weighted by Gasteiger charge is 2.28. The number of hydrogen-bond donors (Lipinski definition) is 1. The zero-order valence-corrected chi connectivity index (χ0v) is 9.03. The number of hydrogen-bond acceptors (Lipinski definition) is 3. The third-order valence-electron chi connectivity index (χ3n) is 2.86. The Hall–Kier alpha value is -0.610. The van der Waals surface area contributed by atoms with Crippen LogP contribution in [0.25, 0.3) is 0 Å². The molecule has 14 heavy (non-hydrogen) atoms. The van der Waals surface area contributed by atoms with E-state index in [0.717, 1.165) is 19.4 Å². The SMILES string of the molecule is COC(CN)C(=O)N1CCCCC1C. The monoisotopic (exact) mass is 200 g/mol. The molecule has 0 radical (unpaired) electrons. The van der Waals surface area contributed by atoms with Crippen LogP contribution < -0.4 is 5.73 Å². The van der Waals surface area contributed by atoms with E-state index >= 15 is 0 Å². The number of rotatable bonds is 3. The predicted octanol–water partition coefficient (Wildman–Crippen LogP) is 0.361. The highest BCUT2D eigenvalue weighted by atomic mass is 16.5. The number of carbonyl (C=O) groups excluding carboxylic acids is 1. The van der Waals surface area contributed by atoms with Crippen LogP contribution in [0.3, 0.4) is 0 Å². The summed E-state index contributed by atoms with van der Waals surface area (Å²) >= 11 is 0. The van der Waals surface area contributed by atoms with Gasteiger partial charge in [0.25, 0.3) is 5.91 Å². The number of carbonyl (C=O) groups is 1. The largest absolute Gasteiger partial charge is 0.370 e. The first-order valence-electron chi connectivity index (χ1n) is 5.24. The summed E-state index contributed by atoms with van der Waals surface area (Å²) in [7, 11) is 1.53. The van der Waals surface area contributed by atoms with Crippen molar-refractivity contribution in [3.8, 4) is 0 Å². The van der Waals surface area contributed by atoms with Gasteiger partial charge in [-0.2, -0.15) is 0 Å². The first kappa shape index (κ1) is 11.5. The highest BCUT2D eigenvalue weighted by Crippen LogP contribution is 2.17. The Morgan fingerprint density at radius 2 is 2.36 bits per heavy atom. The maximum absolute atomic E-state index is 11.9. The van der Waals surface area contributed by atoms with Crippen LogP contribution >= 0.6 is 0 Å². The molecule has 82 valence electrons. The van der Waals surface area contributed by atoms with Crippen molar-refractivity contribution >= 4 is 5.91 Å². The van der Waals surface area contributed by atoms with Crippen molar-refractivity contribution in [2.24, 2.45) is 5.73 Å². The molecule has 0 aromatic carbocycles. The predicted molar refractivity (Wildman–Crippen MR) is 54.9 cm³/mol. The standard InChI is InChI=1S/C10H20N2O2/c1-8-5-3-4-6-12(8)10(13)9(7-11)14-2/h8-9H,3-7,11H2,1-2H3. The van der Waals surface area contributed by atoms with Crippen LogP contribution in [0.2, 0.25) is 0 Å². The van der Waals surface area contributed by atoms with E-state index in [4.69, 9.17) is 10.5 Å². The molecule has 1 heterocycles. The molecule has 0 aromatic heterocycles. The average Bonchev–Trinajstić information content (AvgIpc) is 2.20. The van der Waals surface area contributed by atoms with Gasteiger partial charge in [0.15, 0.2) is 0 Å². The number of ether oxygens (including phenoxy) is 1. The van der Waals surface area contributed by atoms with Crippen molar-refractivity contribution in [2.75, 3.05) is 20.2 Å². The lowest BCUT2D eigenvalue weighted by atomic mass is 10.0. The van der Waals surface area contributed by atoms with Crippen molar-refractivity contribution in [3.63, 3.8) is 0 Å². The van der Waals surface area contributed by atoms with E-state index in [1.54, 1.807) is 0 Å². The van der Waals surface area contributed by atoms with Crippen LogP contribution in [0.1, 0.15) is 26.2 Å². The highest BCUT2D eigenvalue weighted by molar-refractivity contribution is 5.81. The summed E-state index contributed by atoms with van der Waals surface area (Å²) in [5.41, 5.74) is 5.46. The van der Waals surface area contributed by atoms with Crippen molar-refractivity contribution < 1.29 is 9.53 Å². The Morgan fingerprint density at radius 3 is 2.86 bits per heavy atom. The smallest absolute Gasteiger partial charge is 0.253 e. The Bertz CT molecular complexity index is 193. The number of likely N-dealkylation sites (tertiary alicyclic amines) is 1. The normalized spacial score (nSPS) is 24.8. The molecule has 1 fully saturated rings. The van der Waals surface area contributed by atoms with Gasteiger partial charge in [-0.3, -0.25) is 4.79 Å². The molecular weight excluding hydrogens is 180 g/mol. The van der Waals surface area contributed by atoms with Crippen molar-refractivity contribution in [1.29, 1.82) is 0 Å². The topological polar surface area (TPSA) is 55.6 Å². The molecule has 0 bridgehead atoms. The number of piperidine rings is 1. The van der Waals surface area contributed by atoms with Crippen LogP contribution in [0.4, 0.5) is 0 Å². The van der Waals surface area contributed by atoms with Gasteiger partial charge in [0, 0.05) is 26.2 Å². The first-order chi connectivity index (χ1) is 6.70. The minimum absolute atomic E-state index is 0.0437. The van der Waals surface area contributed by atoms with Gasteiger partial charge in [0.05, 0.1) is 0 Å². The molecule has 2 N–H and O–H groups in total. The van der Waals surface area contributed by atoms with E-state index < -0.39 is 6.10 Å². The van der Waals surface area contributed by atoms with Crippen molar-refractivity contribution in [3.05, 3.63) is 0 Å². The number of nitrogens with two attached hydrogens (primary N) is 1. The van der Waals surface area contributed by atoms with E-state index in [0.29, 0.717) is 6.04 Å². The van der Waals surface area contributed by atoms with Crippen LogP contribution in [-0.2, 0) is 9.53 Å². The Labute approximate surface area is 85.4 Å². The molecule has 0 saturated carbocycles. The summed E-state index contributed by atoms with van der Waals surface area (Å²) in [5.74, 6) is 0.0437. The quantitative estimate of drug-likeness (QED) is 0.715. The minimum Gasteiger partial charge on any atom is -0.370 e. The maximum atomic E-state index is 11.9. The van der Waals surface area contributed by atoms with Crippen LogP contribution in [-0.4, -0.2) is 43.2 Å². The van der Waals surface area contributed by atoms with E-state index in [-0.39, 0.29) is 12.5 Å². The first-order valence-corrected chi connectivity index (χ1v) is 5.24. The molecule has 2 unspecified atom stereocenters. The second-order valence-corrected chi connectivity index (χ2v) is 3.84. The second kappa shape index (κ2) is 5.32. The number of amides is 1. The number of methoxy groups -OCH3 is 1. The van der Waals surface area contributed by atoms with Crippen LogP contribution in [0, 0.1) is 0 Å². The summed E-state index contributed by atoms with van der Waals surface area (Å²) < 4.78 is 5.05. The van der Waals surface area contributed by atoms with Gasteiger partial charge in [0.1, 0.15) is 6.10 Å². The molecule has 4 nitrogen and oxygen atoms in total.